The first-order valence-electron chi connectivity index (χ1n) is 6.94. The lowest BCUT2D eigenvalue weighted by Crippen LogP contribution is -2.27. The summed E-state index contributed by atoms with van der Waals surface area (Å²) in [6.07, 6.45) is 1.28. The van der Waals surface area contributed by atoms with Gasteiger partial charge in [0.05, 0.1) is 17.4 Å². The van der Waals surface area contributed by atoms with Gasteiger partial charge >= 0.3 is 0 Å². The van der Waals surface area contributed by atoms with Crippen LogP contribution in [0, 0.1) is 23.3 Å². The van der Waals surface area contributed by atoms with E-state index in [0.717, 1.165) is 30.3 Å². The van der Waals surface area contributed by atoms with Crippen LogP contribution in [0.2, 0.25) is 0 Å². The second-order valence-electron chi connectivity index (χ2n) is 5.18. The number of nitrogens with zero attached hydrogens (tertiary/aromatic N) is 2. The van der Waals surface area contributed by atoms with Crippen molar-refractivity contribution in [3.63, 3.8) is 0 Å². The van der Waals surface area contributed by atoms with Crippen molar-refractivity contribution in [2.24, 2.45) is 0 Å². The van der Waals surface area contributed by atoms with E-state index in [-0.39, 0.29) is 29.7 Å². The molecule has 0 atom stereocenters. The topological polar surface area (TPSA) is 46.9 Å². The Morgan fingerprint density at radius 1 is 1.00 bits per heavy atom. The Morgan fingerprint density at radius 2 is 1.67 bits per heavy atom. The molecule has 0 radical (unpaired) electrons. The van der Waals surface area contributed by atoms with Crippen LogP contribution in [-0.4, -0.2) is 15.5 Å². The van der Waals surface area contributed by atoms with Crippen LogP contribution in [0.1, 0.15) is 5.56 Å². The molecule has 3 aromatic rings. The molecule has 4 nitrogen and oxygen atoms in total. The monoisotopic (exact) mass is 337 g/mol. The van der Waals surface area contributed by atoms with Gasteiger partial charge < -0.3 is 9.88 Å². The zero-order chi connectivity index (χ0) is 17.3. The van der Waals surface area contributed by atoms with E-state index >= 15 is 0 Å². The predicted molar refractivity (Wildman–Crippen MR) is 77.9 cm³/mol. The van der Waals surface area contributed by atoms with Gasteiger partial charge in [0.15, 0.2) is 11.6 Å². The van der Waals surface area contributed by atoms with Crippen LogP contribution < -0.4 is 5.32 Å². The minimum atomic E-state index is -1.04. The highest BCUT2D eigenvalue weighted by Gasteiger charge is 2.11. The van der Waals surface area contributed by atoms with Crippen LogP contribution in [0.25, 0.3) is 11.0 Å². The summed E-state index contributed by atoms with van der Waals surface area (Å²) in [6, 6.07) is 4.83. The number of amides is 1. The fraction of sp³-hybridized carbons (Fsp3) is 0.125. The Labute approximate surface area is 133 Å². The summed E-state index contributed by atoms with van der Waals surface area (Å²) < 4.78 is 53.9. The van der Waals surface area contributed by atoms with Gasteiger partial charge in [-0.05, 0) is 17.7 Å². The molecule has 0 aliphatic rings. The number of nitrogens with one attached hydrogen (secondary N) is 1. The molecule has 3 rings (SSSR count). The normalized spacial score (nSPS) is 11.0. The summed E-state index contributed by atoms with van der Waals surface area (Å²) in [6.45, 7) is -0.261. The largest absolute Gasteiger partial charge is 0.350 e. The van der Waals surface area contributed by atoms with Gasteiger partial charge in [0, 0.05) is 24.7 Å². The van der Waals surface area contributed by atoms with Gasteiger partial charge in [0.2, 0.25) is 5.91 Å². The lowest BCUT2D eigenvalue weighted by atomic mass is 10.2. The number of aromatic nitrogens is 2. The molecule has 0 spiro atoms. The van der Waals surface area contributed by atoms with Gasteiger partial charge in [-0.25, -0.2) is 22.5 Å². The van der Waals surface area contributed by atoms with Crippen LogP contribution in [0.5, 0.6) is 0 Å². The molecule has 0 bridgehead atoms. The molecule has 1 N–H and O–H groups in total. The van der Waals surface area contributed by atoms with Crippen LogP contribution in [0.15, 0.2) is 36.7 Å². The number of benzene rings is 2. The maximum Gasteiger partial charge on any atom is 0.240 e. The van der Waals surface area contributed by atoms with Gasteiger partial charge in [-0.3, -0.25) is 4.79 Å². The minimum absolute atomic E-state index is 0.0663. The second-order valence-corrected chi connectivity index (χ2v) is 5.18. The van der Waals surface area contributed by atoms with Gasteiger partial charge in [0.1, 0.15) is 18.2 Å². The van der Waals surface area contributed by atoms with Crippen LogP contribution in [-0.2, 0) is 17.9 Å². The van der Waals surface area contributed by atoms with Crippen molar-refractivity contribution in [2.75, 3.05) is 0 Å². The minimum Gasteiger partial charge on any atom is -0.350 e. The van der Waals surface area contributed by atoms with E-state index in [1.54, 1.807) is 0 Å². The number of hydrogen-bond donors (Lipinski definition) is 1. The Kier molecular flexibility index (Phi) is 4.20. The fourth-order valence-corrected chi connectivity index (χ4v) is 2.30. The summed E-state index contributed by atoms with van der Waals surface area (Å²) in [4.78, 5) is 15.8. The zero-order valence-corrected chi connectivity index (χ0v) is 12.2. The highest BCUT2D eigenvalue weighted by molar-refractivity contribution is 5.80. The molecule has 2 aromatic carbocycles. The lowest BCUT2D eigenvalue weighted by molar-refractivity contribution is -0.121. The van der Waals surface area contributed by atoms with E-state index in [2.05, 4.69) is 10.3 Å². The predicted octanol–water partition coefficient (Wildman–Crippen LogP) is 2.91. The second kappa shape index (κ2) is 6.31. The van der Waals surface area contributed by atoms with Crippen molar-refractivity contribution in [1.82, 2.24) is 14.9 Å². The molecule has 124 valence electrons. The number of carbonyl (C=O) groups excluding carboxylic acids is 1. The van der Waals surface area contributed by atoms with Crippen molar-refractivity contribution < 1.29 is 22.4 Å². The standard InChI is InChI=1S/C16H11F4N3O/c17-10-1-9(2-11(18)3-10)6-21-16(24)7-23-8-22-14-4-12(19)13(20)5-15(14)23/h1-5,8H,6-7H2,(H,21,24). The molecule has 0 aliphatic carbocycles. The maximum absolute atomic E-state index is 13.3. The van der Waals surface area contributed by atoms with E-state index in [9.17, 15) is 22.4 Å². The summed E-state index contributed by atoms with van der Waals surface area (Å²) in [5.41, 5.74) is 0.749. The van der Waals surface area contributed by atoms with Crippen molar-refractivity contribution in [3.8, 4) is 0 Å². The highest BCUT2D eigenvalue weighted by Crippen LogP contribution is 2.17. The molecule has 0 fully saturated rings. The van der Waals surface area contributed by atoms with Crippen LogP contribution >= 0.6 is 0 Å². The fourth-order valence-electron chi connectivity index (χ4n) is 2.30. The molecular formula is C16H11F4N3O. The SMILES string of the molecule is O=C(Cn1cnc2cc(F)c(F)cc21)NCc1cc(F)cc(F)c1. The Hall–Kier alpha value is -2.90. The average Bonchev–Trinajstić information content (AvgIpc) is 2.87. The highest BCUT2D eigenvalue weighted by atomic mass is 19.2. The maximum atomic E-state index is 13.3. The smallest absolute Gasteiger partial charge is 0.240 e. The van der Waals surface area contributed by atoms with E-state index in [4.69, 9.17) is 0 Å². The Balaban J connectivity index is 1.70. The van der Waals surface area contributed by atoms with Crippen molar-refractivity contribution in [3.05, 3.63) is 65.5 Å². The first kappa shape index (κ1) is 16.0. The van der Waals surface area contributed by atoms with Gasteiger partial charge in [-0.1, -0.05) is 0 Å². The van der Waals surface area contributed by atoms with Gasteiger partial charge in [-0.15, -0.1) is 0 Å². The van der Waals surface area contributed by atoms with E-state index in [1.165, 1.54) is 10.9 Å². The van der Waals surface area contributed by atoms with Crippen molar-refractivity contribution in [2.45, 2.75) is 13.1 Å². The lowest BCUT2D eigenvalue weighted by Gasteiger charge is -2.07. The summed E-state index contributed by atoms with van der Waals surface area (Å²) in [5, 5.41) is 2.49. The van der Waals surface area contributed by atoms with Crippen LogP contribution in [0.4, 0.5) is 17.6 Å². The van der Waals surface area contributed by atoms with Crippen LogP contribution in [0.3, 0.4) is 0 Å². The summed E-state index contributed by atoms with van der Waals surface area (Å²) in [7, 11) is 0. The molecule has 0 saturated heterocycles. The Morgan fingerprint density at radius 3 is 2.38 bits per heavy atom. The average molecular weight is 337 g/mol. The van der Waals surface area contributed by atoms with Gasteiger partial charge in [0.25, 0.3) is 0 Å². The van der Waals surface area contributed by atoms with E-state index in [0.29, 0.717) is 0 Å². The molecule has 1 aromatic heterocycles. The third kappa shape index (κ3) is 3.37. The molecule has 0 saturated carbocycles. The molecule has 1 amide bonds. The number of rotatable bonds is 4. The molecular weight excluding hydrogens is 326 g/mol. The van der Waals surface area contributed by atoms with Gasteiger partial charge in [-0.2, -0.15) is 0 Å². The summed E-state index contributed by atoms with van der Waals surface area (Å²) >= 11 is 0. The number of fused-ring (bicyclic) bond motifs is 1. The third-order valence-electron chi connectivity index (χ3n) is 3.39. The quantitative estimate of drug-likeness (QED) is 0.744. The first-order chi connectivity index (χ1) is 11.4. The number of halogens is 4. The zero-order valence-electron chi connectivity index (χ0n) is 12.2. The number of imidazole rings is 1. The molecule has 1 heterocycles. The third-order valence-corrected chi connectivity index (χ3v) is 3.39. The molecule has 8 heteroatoms. The number of hydrogen-bond acceptors (Lipinski definition) is 2. The Bertz CT molecular complexity index is 903. The van der Waals surface area contributed by atoms with Crippen molar-refractivity contribution in [1.29, 1.82) is 0 Å². The van der Waals surface area contributed by atoms with E-state index in [1.807, 2.05) is 0 Å². The van der Waals surface area contributed by atoms with E-state index < -0.39 is 29.2 Å². The first-order valence-corrected chi connectivity index (χ1v) is 6.94. The summed E-state index contributed by atoms with van der Waals surface area (Å²) in [5.74, 6) is -4.01. The van der Waals surface area contributed by atoms with Crippen molar-refractivity contribution >= 4 is 16.9 Å². The molecule has 0 aliphatic heterocycles. The molecule has 24 heavy (non-hydrogen) atoms. The molecule has 0 unspecified atom stereocenters. The number of carbonyl (C=O) groups is 1.